The molecule has 4 rings (SSSR count). The number of para-hydroxylation sites is 1. The molecule has 0 fully saturated rings. The zero-order valence-corrected chi connectivity index (χ0v) is 21.0. The van der Waals surface area contributed by atoms with E-state index in [1.807, 2.05) is 13.0 Å². The molecule has 0 atom stereocenters. The highest BCUT2D eigenvalue weighted by molar-refractivity contribution is 7.93. The summed E-state index contributed by atoms with van der Waals surface area (Å²) in [7, 11) is -2.83. The Balaban J connectivity index is 2.06. The van der Waals surface area contributed by atoms with E-state index < -0.39 is 21.5 Å². The Labute approximate surface area is 204 Å². The van der Waals surface area contributed by atoms with Gasteiger partial charge in [-0.1, -0.05) is 35.9 Å². The maximum absolute atomic E-state index is 14.2. The lowest BCUT2D eigenvalue weighted by molar-refractivity contribution is 0.100. The smallest absolute Gasteiger partial charge is 0.283 e. The van der Waals surface area contributed by atoms with Crippen molar-refractivity contribution in [1.82, 2.24) is 14.3 Å². The number of nitrogens with zero attached hydrogens (tertiary/aromatic N) is 4. The highest BCUT2D eigenvalue weighted by atomic mass is 32.2. The molecule has 0 saturated heterocycles. The molecule has 1 amide bonds. The Hall–Kier alpha value is -3.98. The Bertz CT molecular complexity index is 1560. The number of aromatic nitrogens is 3. The maximum atomic E-state index is 14.2. The standard InChI is InChI=1S/C26H26N4O4S/c1-17-14-18(2)24(19(3)15-17)35(33,34)30(25(31)21-10-9-13-27-16-21)23-20(4)28(5)29(26(23)32)22-11-7-6-8-12-22/h6-16H,1-5H3. The van der Waals surface area contributed by atoms with Gasteiger partial charge < -0.3 is 0 Å². The van der Waals surface area contributed by atoms with Crippen molar-refractivity contribution in [2.75, 3.05) is 4.31 Å². The first-order valence-corrected chi connectivity index (χ1v) is 12.4. The summed E-state index contributed by atoms with van der Waals surface area (Å²) in [6, 6.07) is 15.3. The number of benzene rings is 2. The minimum atomic E-state index is -4.48. The Morgan fingerprint density at radius 2 is 1.57 bits per heavy atom. The quantitative estimate of drug-likeness (QED) is 0.424. The molecule has 0 radical (unpaired) electrons. The molecule has 35 heavy (non-hydrogen) atoms. The van der Waals surface area contributed by atoms with E-state index in [2.05, 4.69) is 4.98 Å². The zero-order chi connectivity index (χ0) is 25.5. The van der Waals surface area contributed by atoms with Crippen LogP contribution in [0.1, 0.15) is 32.7 Å². The molecule has 0 aliphatic carbocycles. The van der Waals surface area contributed by atoms with Gasteiger partial charge in [-0.15, -0.1) is 0 Å². The lowest BCUT2D eigenvalue weighted by Crippen LogP contribution is -2.41. The van der Waals surface area contributed by atoms with Crippen LogP contribution in [0.2, 0.25) is 0 Å². The van der Waals surface area contributed by atoms with Crippen molar-refractivity contribution in [3.8, 4) is 5.69 Å². The van der Waals surface area contributed by atoms with Crippen molar-refractivity contribution in [3.05, 3.63) is 105 Å². The van der Waals surface area contributed by atoms with Gasteiger partial charge in [-0.3, -0.25) is 19.3 Å². The normalized spacial score (nSPS) is 11.5. The van der Waals surface area contributed by atoms with Crippen molar-refractivity contribution in [2.45, 2.75) is 32.6 Å². The van der Waals surface area contributed by atoms with Gasteiger partial charge >= 0.3 is 0 Å². The lowest BCUT2D eigenvalue weighted by atomic mass is 10.1. The summed E-state index contributed by atoms with van der Waals surface area (Å²) in [6.07, 6.45) is 2.77. The largest absolute Gasteiger partial charge is 0.296 e. The van der Waals surface area contributed by atoms with Crippen LogP contribution in [0.15, 0.2) is 76.7 Å². The summed E-state index contributed by atoms with van der Waals surface area (Å²) in [4.78, 5) is 31.5. The van der Waals surface area contributed by atoms with Gasteiger partial charge in [0.2, 0.25) is 0 Å². The van der Waals surface area contributed by atoms with Gasteiger partial charge in [0.25, 0.3) is 21.5 Å². The van der Waals surface area contributed by atoms with Crippen LogP contribution in [0.25, 0.3) is 5.69 Å². The van der Waals surface area contributed by atoms with Crippen LogP contribution in [0.4, 0.5) is 5.69 Å². The molecule has 0 aliphatic heterocycles. The van der Waals surface area contributed by atoms with E-state index in [0.29, 0.717) is 26.8 Å². The number of rotatable bonds is 5. The van der Waals surface area contributed by atoms with Gasteiger partial charge in [0.1, 0.15) is 5.69 Å². The first-order chi connectivity index (χ1) is 16.6. The number of sulfonamides is 1. The monoisotopic (exact) mass is 490 g/mol. The molecule has 8 nitrogen and oxygen atoms in total. The van der Waals surface area contributed by atoms with Crippen molar-refractivity contribution in [1.29, 1.82) is 0 Å². The van der Waals surface area contributed by atoms with Gasteiger partial charge in [-0.25, -0.2) is 13.1 Å². The zero-order valence-electron chi connectivity index (χ0n) is 20.2. The number of carbonyl (C=O) groups excluding carboxylic acids is 1. The van der Waals surface area contributed by atoms with E-state index in [1.54, 1.807) is 75.0 Å². The van der Waals surface area contributed by atoms with E-state index in [1.165, 1.54) is 23.1 Å². The number of hydrogen-bond acceptors (Lipinski definition) is 5. The molecule has 180 valence electrons. The molecular weight excluding hydrogens is 464 g/mol. The second-order valence-electron chi connectivity index (χ2n) is 8.45. The van der Waals surface area contributed by atoms with Crippen molar-refractivity contribution >= 4 is 21.6 Å². The highest BCUT2D eigenvalue weighted by Gasteiger charge is 2.38. The second kappa shape index (κ2) is 8.99. The number of carbonyl (C=O) groups is 1. The Morgan fingerprint density at radius 1 is 0.943 bits per heavy atom. The summed E-state index contributed by atoms with van der Waals surface area (Å²) in [5.74, 6) is -0.858. The molecule has 4 aromatic rings. The third kappa shape index (κ3) is 4.08. The number of anilines is 1. The predicted molar refractivity (Wildman–Crippen MR) is 135 cm³/mol. The van der Waals surface area contributed by atoms with E-state index in [9.17, 15) is 18.0 Å². The van der Waals surface area contributed by atoms with E-state index in [-0.39, 0.29) is 16.1 Å². The molecule has 0 unspecified atom stereocenters. The average Bonchev–Trinajstić information content (AvgIpc) is 3.02. The van der Waals surface area contributed by atoms with Gasteiger partial charge in [0, 0.05) is 19.4 Å². The number of amides is 1. The highest BCUT2D eigenvalue weighted by Crippen LogP contribution is 2.31. The van der Waals surface area contributed by atoms with Crippen LogP contribution in [-0.2, 0) is 17.1 Å². The Morgan fingerprint density at radius 3 is 2.14 bits per heavy atom. The summed E-state index contributed by atoms with van der Waals surface area (Å²) >= 11 is 0. The molecule has 2 aromatic heterocycles. The molecule has 0 bridgehead atoms. The van der Waals surface area contributed by atoms with E-state index >= 15 is 0 Å². The average molecular weight is 491 g/mol. The van der Waals surface area contributed by atoms with Gasteiger partial charge in [0.15, 0.2) is 0 Å². The first-order valence-electron chi connectivity index (χ1n) is 11.0. The maximum Gasteiger partial charge on any atom is 0.296 e. The predicted octanol–water partition coefficient (Wildman–Crippen LogP) is 3.84. The molecule has 2 heterocycles. The fourth-order valence-corrected chi connectivity index (χ4v) is 6.28. The van der Waals surface area contributed by atoms with Crippen molar-refractivity contribution < 1.29 is 13.2 Å². The number of hydrogen-bond donors (Lipinski definition) is 0. The van der Waals surface area contributed by atoms with E-state index in [0.717, 1.165) is 5.56 Å². The topological polar surface area (TPSA) is 94.3 Å². The van der Waals surface area contributed by atoms with Gasteiger partial charge in [0.05, 0.1) is 21.8 Å². The first kappa shape index (κ1) is 24.2. The van der Waals surface area contributed by atoms with Crippen LogP contribution in [0, 0.1) is 27.7 Å². The van der Waals surface area contributed by atoms with Crippen LogP contribution in [-0.4, -0.2) is 28.7 Å². The summed E-state index contributed by atoms with van der Waals surface area (Å²) in [5.41, 5.74) is 1.93. The molecule has 0 saturated carbocycles. The fraction of sp³-hybridized carbons (Fsp3) is 0.192. The number of aryl methyl sites for hydroxylation is 3. The summed E-state index contributed by atoms with van der Waals surface area (Å²) in [6.45, 7) is 6.85. The summed E-state index contributed by atoms with van der Waals surface area (Å²) in [5, 5.41) is 0. The fourth-order valence-electron chi connectivity index (χ4n) is 4.39. The van der Waals surface area contributed by atoms with Crippen LogP contribution >= 0.6 is 0 Å². The molecule has 9 heteroatoms. The third-order valence-corrected chi connectivity index (χ3v) is 7.91. The minimum Gasteiger partial charge on any atom is -0.283 e. The van der Waals surface area contributed by atoms with Crippen LogP contribution in [0.5, 0.6) is 0 Å². The SMILES string of the molecule is Cc1cc(C)c(S(=O)(=O)N(C(=O)c2cccnc2)c2c(C)n(C)n(-c3ccccc3)c2=O)c(C)c1. The molecule has 0 N–H and O–H groups in total. The number of pyridine rings is 1. The summed E-state index contributed by atoms with van der Waals surface area (Å²) < 4.78 is 31.9. The van der Waals surface area contributed by atoms with Crippen molar-refractivity contribution in [3.63, 3.8) is 0 Å². The Kier molecular flexibility index (Phi) is 6.21. The van der Waals surface area contributed by atoms with Crippen LogP contribution in [0.3, 0.4) is 0 Å². The van der Waals surface area contributed by atoms with Crippen molar-refractivity contribution in [2.24, 2.45) is 7.05 Å². The van der Waals surface area contributed by atoms with Gasteiger partial charge in [-0.2, -0.15) is 4.31 Å². The molecule has 0 aliphatic rings. The molecule has 2 aromatic carbocycles. The second-order valence-corrected chi connectivity index (χ2v) is 10.2. The molecular formula is C26H26N4O4S. The van der Waals surface area contributed by atoms with Gasteiger partial charge in [-0.05, 0) is 63.1 Å². The van der Waals surface area contributed by atoms with Crippen LogP contribution < -0.4 is 9.86 Å². The lowest BCUT2D eigenvalue weighted by Gasteiger charge is -2.24. The minimum absolute atomic E-state index is 0.00532. The third-order valence-electron chi connectivity index (χ3n) is 5.92. The molecule has 0 spiro atoms. The van der Waals surface area contributed by atoms with E-state index in [4.69, 9.17) is 0 Å².